The molecular formula is C14H11N2O2S. The molecule has 0 unspecified atom stereocenters. The summed E-state index contributed by atoms with van der Waals surface area (Å²) in [4.78, 5) is 4.35. The summed E-state index contributed by atoms with van der Waals surface area (Å²) in [5, 5.41) is 0. The summed E-state index contributed by atoms with van der Waals surface area (Å²) in [5.74, 6) is 0. The maximum Gasteiger partial charge on any atom is 0.269 e. The van der Waals surface area contributed by atoms with E-state index >= 15 is 0 Å². The van der Waals surface area contributed by atoms with E-state index in [0.717, 1.165) is 5.56 Å². The molecule has 0 spiro atoms. The van der Waals surface area contributed by atoms with Crippen molar-refractivity contribution in [3.8, 4) is 0 Å². The average molecular weight is 271 g/mol. The number of fused-ring (bicyclic) bond motifs is 1. The second-order valence-electron chi connectivity index (χ2n) is 4.24. The number of para-hydroxylation sites is 2. The molecule has 3 aromatic rings. The molecule has 4 nitrogen and oxygen atoms in total. The second kappa shape index (κ2) is 4.20. The number of hydrogen-bond donors (Lipinski definition) is 0. The summed E-state index contributed by atoms with van der Waals surface area (Å²) in [6, 6.07) is 14.8. The molecule has 0 amide bonds. The van der Waals surface area contributed by atoms with E-state index in [1.165, 1.54) is 16.4 Å². The summed E-state index contributed by atoms with van der Waals surface area (Å²) in [6.45, 7) is 1.81. The van der Waals surface area contributed by atoms with Gasteiger partial charge in [0.05, 0.1) is 15.9 Å². The Morgan fingerprint density at radius 2 is 2.00 bits per heavy atom. The zero-order valence-electron chi connectivity index (χ0n) is 10.2. The molecule has 2 aromatic carbocycles. The Balaban J connectivity index is 2.26. The third-order valence-electron chi connectivity index (χ3n) is 2.90. The van der Waals surface area contributed by atoms with Gasteiger partial charge in [0.25, 0.3) is 10.0 Å². The van der Waals surface area contributed by atoms with Crippen LogP contribution in [0, 0.1) is 13.0 Å². The topological polar surface area (TPSA) is 52.0 Å². The van der Waals surface area contributed by atoms with E-state index in [1.807, 2.05) is 13.0 Å². The summed E-state index contributed by atoms with van der Waals surface area (Å²) < 4.78 is 26.3. The molecule has 95 valence electrons. The number of nitrogens with zero attached hydrogens (tertiary/aromatic N) is 2. The minimum atomic E-state index is -3.61. The predicted octanol–water partition coefficient (Wildman–Crippen LogP) is 2.38. The molecule has 0 aliphatic carbocycles. The van der Waals surface area contributed by atoms with Gasteiger partial charge in [-0.2, -0.15) is 0 Å². The molecule has 3 rings (SSSR count). The van der Waals surface area contributed by atoms with Crippen molar-refractivity contribution in [1.29, 1.82) is 0 Å². The highest BCUT2D eigenvalue weighted by atomic mass is 32.2. The standard InChI is InChI=1S/C14H11N2O2S/c1-11-5-4-6-12(9-11)19(17,18)16-10-15-13-7-2-3-8-14(13)16/h2-4,6-10H,1H3. The molecule has 5 heteroatoms. The quantitative estimate of drug-likeness (QED) is 0.719. The Morgan fingerprint density at radius 1 is 1.21 bits per heavy atom. The maximum absolute atomic E-state index is 12.6. The molecule has 0 aliphatic rings. The lowest BCUT2D eigenvalue weighted by Gasteiger charge is -2.06. The van der Waals surface area contributed by atoms with Gasteiger partial charge >= 0.3 is 0 Å². The van der Waals surface area contributed by atoms with Gasteiger partial charge in [-0.25, -0.2) is 17.4 Å². The van der Waals surface area contributed by atoms with Crippen LogP contribution in [-0.4, -0.2) is 17.4 Å². The molecule has 1 heterocycles. The van der Waals surface area contributed by atoms with E-state index in [9.17, 15) is 8.42 Å². The normalized spacial score (nSPS) is 11.8. The van der Waals surface area contributed by atoms with Gasteiger partial charge in [0.15, 0.2) is 0 Å². The molecule has 0 bridgehead atoms. The van der Waals surface area contributed by atoms with Crippen LogP contribution in [0.4, 0.5) is 0 Å². The van der Waals surface area contributed by atoms with Crippen LogP contribution in [0.1, 0.15) is 5.56 Å². The van der Waals surface area contributed by atoms with E-state index < -0.39 is 10.0 Å². The molecule has 1 radical (unpaired) electrons. The van der Waals surface area contributed by atoms with Crippen molar-refractivity contribution in [1.82, 2.24) is 8.96 Å². The van der Waals surface area contributed by atoms with Crippen molar-refractivity contribution in [3.63, 3.8) is 0 Å². The minimum Gasteiger partial charge on any atom is -0.236 e. The average Bonchev–Trinajstić information content (AvgIpc) is 2.83. The SMILES string of the molecule is Cc1[c]ccc(S(=O)(=O)n2cnc3ccccc32)c1. The lowest BCUT2D eigenvalue weighted by molar-refractivity contribution is 0.588. The van der Waals surface area contributed by atoms with Gasteiger partial charge in [0.1, 0.15) is 6.33 Å². The first-order valence-corrected chi connectivity index (χ1v) is 7.19. The van der Waals surface area contributed by atoms with Crippen molar-refractivity contribution in [3.05, 3.63) is 60.4 Å². The molecule has 0 atom stereocenters. The predicted molar refractivity (Wildman–Crippen MR) is 72.3 cm³/mol. The smallest absolute Gasteiger partial charge is 0.236 e. The van der Waals surface area contributed by atoms with Crippen molar-refractivity contribution in [2.45, 2.75) is 11.8 Å². The Kier molecular flexibility index (Phi) is 2.64. The van der Waals surface area contributed by atoms with Gasteiger partial charge in [-0.3, -0.25) is 0 Å². The summed E-state index contributed by atoms with van der Waals surface area (Å²) in [6.07, 6.45) is 1.34. The van der Waals surface area contributed by atoms with Crippen LogP contribution < -0.4 is 0 Å². The van der Waals surface area contributed by atoms with E-state index in [0.29, 0.717) is 11.0 Å². The lowest BCUT2D eigenvalue weighted by atomic mass is 10.2. The van der Waals surface area contributed by atoms with E-state index in [2.05, 4.69) is 11.1 Å². The molecule has 0 saturated carbocycles. The number of aryl methyl sites for hydroxylation is 1. The van der Waals surface area contributed by atoms with Gasteiger partial charge in [-0.15, -0.1) is 0 Å². The van der Waals surface area contributed by atoms with Crippen molar-refractivity contribution >= 4 is 21.1 Å². The summed E-state index contributed by atoms with van der Waals surface area (Å²) in [5.41, 5.74) is 2.02. The Labute approximate surface area is 111 Å². The van der Waals surface area contributed by atoms with E-state index in [4.69, 9.17) is 0 Å². The molecule has 0 N–H and O–H groups in total. The van der Waals surface area contributed by atoms with Gasteiger partial charge < -0.3 is 0 Å². The first-order valence-electron chi connectivity index (χ1n) is 5.75. The molecule has 0 aliphatic heterocycles. The number of hydrogen-bond acceptors (Lipinski definition) is 3. The number of rotatable bonds is 2. The van der Waals surface area contributed by atoms with Crippen LogP contribution in [0.2, 0.25) is 0 Å². The second-order valence-corrected chi connectivity index (χ2v) is 6.06. The Morgan fingerprint density at radius 3 is 2.79 bits per heavy atom. The zero-order valence-corrected chi connectivity index (χ0v) is 11.1. The highest BCUT2D eigenvalue weighted by Crippen LogP contribution is 2.20. The third-order valence-corrected chi connectivity index (χ3v) is 4.55. The molecule has 1 aromatic heterocycles. The summed E-state index contributed by atoms with van der Waals surface area (Å²) in [7, 11) is -3.61. The minimum absolute atomic E-state index is 0.243. The van der Waals surface area contributed by atoms with Crippen molar-refractivity contribution < 1.29 is 8.42 Å². The van der Waals surface area contributed by atoms with E-state index in [-0.39, 0.29) is 4.90 Å². The lowest BCUT2D eigenvalue weighted by Crippen LogP contribution is -2.11. The fraction of sp³-hybridized carbons (Fsp3) is 0.0714. The molecule has 0 fully saturated rings. The van der Waals surface area contributed by atoms with E-state index in [1.54, 1.807) is 30.3 Å². The fourth-order valence-corrected chi connectivity index (χ4v) is 3.34. The molecule has 19 heavy (non-hydrogen) atoms. The van der Waals surface area contributed by atoms with Crippen LogP contribution in [0.15, 0.2) is 53.7 Å². The van der Waals surface area contributed by atoms with Crippen molar-refractivity contribution in [2.75, 3.05) is 0 Å². The number of imidazole rings is 1. The van der Waals surface area contributed by atoms with Crippen LogP contribution >= 0.6 is 0 Å². The van der Waals surface area contributed by atoms with Gasteiger partial charge in [0.2, 0.25) is 0 Å². The summed E-state index contributed by atoms with van der Waals surface area (Å²) >= 11 is 0. The maximum atomic E-state index is 12.6. The van der Waals surface area contributed by atoms with Gasteiger partial charge in [-0.1, -0.05) is 18.2 Å². The highest BCUT2D eigenvalue weighted by molar-refractivity contribution is 7.90. The first kappa shape index (κ1) is 11.9. The van der Waals surface area contributed by atoms with Crippen LogP contribution in [0.3, 0.4) is 0 Å². The number of aromatic nitrogens is 2. The molecule has 0 saturated heterocycles. The number of benzene rings is 2. The molecular weight excluding hydrogens is 260 g/mol. The van der Waals surface area contributed by atoms with Crippen LogP contribution in [-0.2, 0) is 10.0 Å². The Hall–Kier alpha value is -2.14. The third kappa shape index (κ3) is 1.92. The largest absolute Gasteiger partial charge is 0.269 e. The van der Waals surface area contributed by atoms with Gasteiger partial charge in [-0.05, 0) is 42.8 Å². The van der Waals surface area contributed by atoms with Crippen LogP contribution in [0.5, 0.6) is 0 Å². The van der Waals surface area contributed by atoms with Crippen molar-refractivity contribution in [2.24, 2.45) is 0 Å². The first-order chi connectivity index (χ1) is 9.09. The highest BCUT2D eigenvalue weighted by Gasteiger charge is 2.19. The fourth-order valence-electron chi connectivity index (χ4n) is 1.96. The van der Waals surface area contributed by atoms with Crippen LogP contribution in [0.25, 0.3) is 11.0 Å². The van der Waals surface area contributed by atoms with Gasteiger partial charge in [0, 0.05) is 0 Å². The Bertz CT molecular complexity index is 851. The monoisotopic (exact) mass is 271 g/mol. The zero-order chi connectivity index (χ0) is 13.5.